The van der Waals surface area contributed by atoms with Crippen LogP contribution in [0, 0.1) is 13.8 Å². The molecule has 1 heteroatoms. The third-order valence-corrected chi connectivity index (χ3v) is 7.37. The number of unbranched alkanes of at least 4 members (excludes halogenated alkanes) is 12. The number of carbonyl (C=O) groups excluding carboxylic acids is 1. The summed E-state index contributed by atoms with van der Waals surface area (Å²) < 4.78 is 0. The van der Waals surface area contributed by atoms with Crippen molar-refractivity contribution in [3.8, 4) is 0 Å². The molecule has 0 radical (unpaired) electrons. The molecule has 0 bridgehead atoms. The monoisotopic (exact) mass is 462 g/mol. The highest BCUT2D eigenvalue weighted by molar-refractivity contribution is 6.11. The smallest absolute Gasteiger partial charge is 0.193 e. The summed E-state index contributed by atoms with van der Waals surface area (Å²) in [5.74, 6) is 0.225. The third kappa shape index (κ3) is 9.40. The Morgan fingerprint density at radius 3 is 1.26 bits per heavy atom. The summed E-state index contributed by atoms with van der Waals surface area (Å²) in [4.78, 5) is 13.8. The molecular formula is C33H50O. The van der Waals surface area contributed by atoms with Gasteiger partial charge < -0.3 is 0 Å². The van der Waals surface area contributed by atoms with Crippen LogP contribution in [0.25, 0.3) is 0 Å². The Hall–Kier alpha value is -1.89. The van der Waals surface area contributed by atoms with Crippen molar-refractivity contribution in [3.05, 3.63) is 69.8 Å². The number of carbonyl (C=O) groups is 1. The predicted octanol–water partition coefficient (Wildman–Crippen LogP) is 10.1. The number of aryl methyl sites for hydroxylation is 2. The molecule has 2 rings (SSSR count). The topological polar surface area (TPSA) is 17.1 Å². The molecule has 1 nitrogen and oxygen atoms in total. The maximum atomic E-state index is 13.8. The number of ketones is 1. The van der Waals surface area contributed by atoms with Crippen LogP contribution in [0.15, 0.2) is 36.4 Å². The first-order valence-electron chi connectivity index (χ1n) is 14.3. The SMILES string of the molecule is CCCCCCCCCc1c(C)cccc1C(=O)c1cccc(C)c1CCCCCCCCC. The highest BCUT2D eigenvalue weighted by Crippen LogP contribution is 2.25. The molecule has 188 valence electrons. The van der Waals surface area contributed by atoms with Crippen molar-refractivity contribution in [2.45, 2.75) is 130 Å². The van der Waals surface area contributed by atoms with Gasteiger partial charge in [-0.3, -0.25) is 4.79 Å². The van der Waals surface area contributed by atoms with E-state index >= 15 is 0 Å². The fourth-order valence-corrected chi connectivity index (χ4v) is 5.16. The van der Waals surface area contributed by atoms with Gasteiger partial charge >= 0.3 is 0 Å². The first-order valence-corrected chi connectivity index (χ1v) is 14.3. The van der Waals surface area contributed by atoms with Gasteiger partial charge in [0.2, 0.25) is 0 Å². The molecule has 0 saturated heterocycles. The van der Waals surface area contributed by atoms with E-state index in [1.54, 1.807) is 0 Å². The van der Waals surface area contributed by atoms with Crippen LogP contribution in [-0.2, 0) is 12.8 Å². The summed E-state index contributed by atoms with van der Waals surface area (Å²) >= 11 is 0. The van der Waals surface area contributed by atoms with E-state index in [-0.39, 0.29) is 5.78 Å². The molecule has 0 spiro atoms. The van der Waals surface area contributed by atoms with E-state index in [2.05, 4.69) is 64.1 Å². The molecule has 0 N–H and O–H groups in total. The average Bonchev–Trinajstić information content (AvgIpc) is 2.84. The minimum absolute atomic E-state index is 0.225. The van der Waals surface area contributed by atoms with Crippen LogP contribution in [0.1, 0.15) is 142 Å². The van der Waals surface area contributed by atoms with Crippen molar-refractivity contribution < 1.29 is 4.79 Å². The lowest BCUT2D eigenvalue weighted by Gasteiger charge is -2.16. The molecule has 34 heavy (non-hydrogen) atoms. The van der Waals surface area contributed by atoms with Gasteiger partial charge in [-0.25, -0.2) is 0 Å². The average molecular weight is 463 g/mol. The molecule has 0 atom stereocenters. The fraction of sp³-hybridized carbons (Fsp3) is 0.606. The minimum Gasteiger partial charge on any atom is -0.289 e. The Kier molecular flexibility index (Phi) is 13.9. The molecule has 0 aliphatic carbocycles. The second kappa shape index (κ2) is 16.7. The molecule has 2 aromatic carbocycles. The van der Waals surface area contributed by atoms with Crippen molar-refractivity contribution in [2.24, 2.45) is 0 Å². The summed E-state index contributed by atoms with van der Waals surface area (Å²) in [5, 5.41) is 0. The second-order valence-electron chi connectivity index (χ2n) is 10.3. The van der Waals surface area contributed by atoms with Crippen LogP contribution in [0.2, 0.25) is 0 Å². The van der Waals surface area contributed by atoms with Crippen LogP contribution < -0.4 is 0 Å². The molecule has 0 saturated carbocycles. The summed E-state index contributed by atoms with van der Waals surface area (Å²) in [6.07, 6.45) is 20.3. The Balaban J connectivity index is 2.04. The predicted molar refractivity (Wildman–Crippen MR) is 149 cm³/mol. The molecule has 0 amide bonds. The summed E-state index contributed by atoms with van der Waals surface area (Å²) in [5.41, 5.74) is 6.92. The number of benzene rings is 2. The lowest BCUT2D eigenvalue weighted by atomic mass is 9.87. The zero-order valence-corrected chi connectivity index (χ0v) is 22.7. The van der Waals surface area contributed by atoms with Crippen molar-refractivity contribution in [2.75, 3.05) is 0 Å². The first-order chi connectivity index (χ1) is 16.6. The van der Waals surface area contributed by atoms with Gasteiger partial charge in [-0.15, -0.1) is 0 Å². The summed E-state index contributed by atoms with van der Waals surface area (Å²) in [7, 11) is 0. The molecule has 0 heterocycles. The van der Waals surface area contributed by atoms with Crippen molar-refractivity contribution in [1.29, 1.82) is 0 Å². The first kappa shape index (κ1) is 28.3. The Labute approximate surface area is 210 Å². The van der Waals surface area contributed by atoms with E-state index < -0.39 is 0 Å². The van der Waals surface area contributed by atoms with E-state index in [9.17, 15) is 4.79 Å². The largest absolute Gasteiger partial charge is 0.289 e. The standard InChI is InChI=1S/C33H50O/c1-5-7-9-11-13-15-17-23-29-27(3)21-19-25-31(29)33(34)32-26-20-22-28(4)30(32)24-18-16-14-12-10-8-6-2/h19-22,25-26H,5-18,23-24H2,1-4H3. The van der Waals surface area contributed by atoms with E-state index in [0.29, 0.717) is 0 Å². The van der Waals surface area contributed by atoms with E-state index in [0.717, 1.165) is 24.0 Å². The Bertz CT molecular complexity index is 778. The lowest BCUT2D eigenvalue weighted by molar-refractivity contribution is 0.103. The zero-order chi connectivity index (χ0) is 24.6. The minimum atomic E-state index is 0.225. The highest BCUT2D eigenvalue weighted by Gasteiger charge is 2.19. The maximum absolute atomic E-state index is 13.8. The third-order valence-electron chi connectivity index (χ3n) is 7.37. The van der Waals surface area contributed by atoms with E-state index in [1.807, 2.05) is 0 Å². The Morgan fingerprint density at radius 1 is 0.529 bits per heavy atom. The van der Waals surface area contributed by atoms with Crippen molar-refractivity contribution >= 4 is 5.78 Å². The number of hydrogen-bond donors (Lipinski definition) is 0. The van der Waals surface area contributed by atoms with Gasteiger partial charge in [0, 0.05) is 11.1 Å². The molecule has 0 aliphatic rings. The molecule has 0 fully saturated rings. The highest BCUT2D eigenvalue weighted by atomic mass is 16.1. The van der Waals surface area contributed by atoms with Gasteiger partial charge in [0.1, 0.15) is 0 Å². The fourth-order valence-electron chi connectivity index (χ4n) is 5.16. The van der Waals surface area contributed by atoms with Gasteiger partial charge in [-0.2, -0.15) is 0 Å². The number of rotatable bonds is 18. The molecular weight excluding hydrogens is 412 g/mol. The lowest BCUT2D eigenvalue weighted by Crippen LogP contribution is -2.11. The van der Waals surface area contributed by atoms with Crippen molar-refractivity contribution in [3.63, 3.8) is 0 Å². The van der Waals surface area contributed by atoms with Gasteiger partial charge in [0.15, 0.2) is 5.78 Å². The quantitative estimate of drug-likeness (QED) is 0.159. The van der Waals surface area contributed by atoms with Crippen LogP contribution in [0.5, 0.6) is 0 Å². The number of hydrogen-bond acceptors (Lipinski definition) is 1. The molecule has 0 aromatic heterocycles. The second-order valence-corrected chi connectivity index (χ2v) is 10.3. The van der Waals surface area contributed by atoms with Gasteiger partial charge in [0.25, 0.3) is 0 Å². The molecule has 0 unspecified atom stereocenters. The van der Waals surface area contributed by atoms with Crippen molar-refractivity contribution in [1.82, 2.24) is 0 Å². The summed E-state index contributed by atoms with van der Waals surface area (Å²) in [6.45, 7) is 8.88. The Morgan fingerprint density at radius 2 is 0.882 bits per heavy atom. The van der Waals surface area contributed by atoms with Gasteiger partial charge in [-0.05, 0) is 61.8 Å². The van der Waals surface area contributed by atoms with Crippen LogP contribution in [0.4, 0.5) is 0 Å². The van der Waals surface area contributed by atoms with E-state index in [1.165, 1.54) is 112 Å². The molecule has 2 aromatic rings. The van der Waals surface area contributed by atoms with Crippen LogP contribution >= 0.6 is 0 Å². The van der Waals surface area contributed by atoms with E-state index in [4.69, 9.17) is 0 Å². The normalized spacial score (nSPS) is 11.2. The zero-order valence-electron chi connectivity index (χ0n) is 22.7. The molecule has 0 aliphatic heterocycles. The maximum Gasteiger partial charge on any atom is 0.193 e. The van der Waals surface area contributed by atoms with Gasteiger partial charge in [0.05, 0.1) is 0 Å². The van der Waals surface area contributed by atoms with Gasteiger partial charge in [-0.1, -0.05) is 127 Å². The summed E-state index contributed by atoms with van der Waals surface area (Å²) in [6, 6.07) is 12.6. The van der Waals surface area contributed by atoms with Crippen LogP contribution in [0.3, 0.4) is 0 Å². The van der Waals surface area contributed by atoms with Crippen LogP contribution in [-0.4, -0.2) is 5.78 Å².